The molecule has 0 amide bonds. The Kier molecular flexibility index (Phi) is 3.54. The van der Waals surface area contributed by atoms with Crippen molar-refractivity contribution in [1.82, 2.24) is 0 Å². The van der Waals surface area contributed by atoms with Gasteiger partial charge in [0.1, 0.15) is 0 Å². The van der Waals surface area contributed by atoms with Crippen molar-refractivity contribution in [1.29, 1.82) is 0 Å². The normalized spacial score (nSPS) is 46.8. The van der Waals surface area contributed by atoms with Gasteiger partial charge in [-0.3, -0.25) is 0 Å². The molecular weight excluding hydrogens is 224 g/mol. The number of nitrogens with two attached hydrogens (primary N) is 1. The Morgan fingerprint density at radius 3 is 2.72 bits per heavy atom. The second-order valence-corrected chi connectivity index (χ2v) is 6.60. The number of nitrogens with zero attached hydrogens (tertiary/aromatic N) is 1. The van der Waals surface area contributed by atoms with Crippen LogP contribution >= 0.6 is 0 Å². The molecule has 0 bridgehead atoms. The van der Waals surface area contributed by atoms with E-state index in [1.807, 2.05) is 6.92 Å². The van der Waals surface area contributed by atoms with Crippen LogP contribution in [0.15, 0.2) is 17.3 Å². The molecule has 3 N–H and O–H groups in total. The third kappa shape index (κ3) is 1.89. The predicted molar refractivity (Wildman–Crippen MR) is 74.7 cm³/mol. The summed E-state index contributed by atoms with van der Waals surface area (Å²) in [5, 5.41) is 13.0. The van der Waals surface area contributed by atoms with E-state index in [0.717, 1.165) is 24.1 Å². The molecule has 0 heterocycles. The van der Waals surface area contributed by atoms with Crippen LogP contribution in [-0.2, 0) is 0 Å². The lowest BCUT2D eigenvalue weighted by Gasteiger charge is -2.53. The monoisotopic (exact) mass is 250 g/mol. The summed E-state index contributed by atoms with van der Waals surface area (Å²) in [7, 11) is 0. The van der Waals surface area contributed by atoms with Crippen LogP contribution in [0.25, 0.3) is 0 Å². The Balaban J connectivity index is 2.40. The Bertz CT molecular complexity index is 377. The smallest absolute Gasteiger partial charge is 0.0780 e. The molecule has 102 valence electrons. The number of rotatable bonds is 1. The van der Waals surface area contributed by atoms with Crippen molar-refractivity contribution in [2.45, 2.75) is 52.5 Å². The third-order valence-electron chi connectivity index (χ3n) is 5.59. The molecule has 2 aliphatic carbocycles. The molecule has 5 unspecified atom stereocenters. The van der Waals surface area contributed by atoms with Crippen molar-refractivity contribution >= 4 is 5.71 Å². The molecule has 0 spiro atoms. The summed E-state index contributed by atoms with van der Waals surface area (Å²) in [6.45, 7) is 10.8. The minimum Gasteiger partial charge on any atom is -0.411 e. The summed E-state index contributed by atoms with van der Waals surface area (Å²) in [6.07, 6.45) is 4.67. The first-order valence-electron chi connectivity index (χ1n) is 7.04. The van der Waals surface area contributed by atoms with E-state index >= 15 is 0 Å². The first-order valence-corrected chi connectivity index (χ1v) is 7.04. The maximum absolute atomic E-state index is 9.38. The van der Waals surface area contributed by atoms with E-state index in [4.69, 9.17) is 5.73 Å². The average molecular weight is 250 g/mol. The van der Waals surface area contributed by atoms with Gasteiger partial charge in [-0.2, -0.15) is 0 Å². The summed E-state index contributed by atoms with van der Waals surface area (Å²) in [4.78, 5) is 0. The van der Waals surface area contributed by atoms with Crippen LogP contribution in [0.3, 0.4) is 0 Å². The fourth-order valence-corrected chi connectivity index (χ4v) is 4.12. The van der Waals surface area contributed by atoms with E-state index in [9.17, 15) is 5.21 Å². The molecule has 3 heteroatoms. The minimum atomic E-state index is -0.157. The molecule has 5 atom stereocenters. The van der Waals surface area contributed by atoms with Crippen LogP contribution in [0.2, 0.25) is 0 Å². The maximum Gasteiger partial charge on any atom is 0.0780 e. The molecule has 0 aromatic heterocycles. The van der Waals surface area contributed by atoms with Gasteiger partial charge in [0, 0.05) is 11.8 Å². The topological polar surface area (TPSA) is 58.6 Å². The average Bonchev–Trinajstić information content (AvgIpc) is 2.31. The van der Waals surface area contributed by atoms with Gasteiger partial charge in [-0.15, -0.1) is 0 Å². The summed E-state index contributed by atoms with van der Waals surface area (Å²) in [5.41, 5.74) is 8.42. The van der Waals surface area contributed by atoms with E-state index < -0.39 is 0 Å². The number of fused-ring (bicyclic) bond motifs is 1. The summed E-state index contributed by atoms with van der Waals surface area (Å²) in [5.74, 6) is 1.25. The van der Waals surface area contributed by atoms with E-state index in [1.54, 1.807) is 0 Å². The highest BCUT2D eigenvalue weighted by Crippen LogP contribution is 2.54. The highest BCUT2D eigenvalue weighted by atomic mass is 16.4. The molecule has 2 rings (SSSR count). The van der Waals surface area contributed by atoms with Crippen LogP contribution < -0.4 is 5.73 Å². The second-order valence-electron chi connectivity index (χ2n) is 6.60. The SMILES string of the molecule is C=C(C)C1CC2(C)C(C)CCCC2/C(=N\O)C1N. The third-order valence-corrected chi connectivity index (χ3v) is 5.59. The molecule has 0 aromatic carbocycles. The predicted octanol–water partition coefficient (Wildman–Crippen LogP) is 3.18. The number of hydrogen-bond acceptors (Lipinski definition) is 3. The van der Waals surface area contributed by atoms with Gasteiger partial charge in [0.2, 0.25) is 0 Å². The molecule has 0 aliphatic heterocycles. The molecule has 2 saturated carbocycles. The zero-order valence-corrected chi connectivity index (χ0v) is 11.8. The Morgan fingerprint density at radius 1 is 1.50 bits per heavy atom. The fourth-order valence-electron chi connectivity index (χ4n) is 4.12. The van der Waals surface area contributed by atoms with Gasteiger partial charge in [-0.05, 0) is 31.1 Å². The summed E-state index contributed by atoms with van der Waals surface area (Å²) in [6, 6.07) is -0.157. The van der Waals surface area contributed by atoms with E-state index in [1.165, 1.54) is 12.8 Å². The molecule has 2 aliphatic rings. The molecule has 18 heavy (non-hydrogen) atoms. The molecular formula is C15H26N2O. The summed E-state index contributed by atoms with van der Waals surface area (Å²) >= 11 is 0. The molecule has 2 fully saturated rings. The number of oxime groups is 1. The quantitative estimate of drug-likeness (QED) is 0.426. The molecule has 3 nitrogen and oxygen atoms in total. The second kappa shape index (κ2) is 4.69. The number of hydrogen-bond donors (Lipinski definition) is 2. The van der Waals surface area contributed by atoms with Gasteiger partial charge in [-0.1, -0.05) is 44.0 Å². The van der Waals surface area contributed by atoms with Gasteiger partial charge in [-0.25, -0.2) is 0 Å². The highest BCUT2D eigenvalue weighted by Gasteiger charge is 2.51. The lowest BCUT2D eigenvalue weighted by atomic mass is 9.51. The van der Waals surface area contributed by atoms with E-state index in [2.05, 4.69) is 25.6 Å². The largest absolute Gasteiger partial charge is 0.411 e. The van der Waals surface area contributed by atoms with E-state index in [-0.39, 0.29) is 17.4 Å². The van der Waals surface area contributed by atoms with Crippen LogP contribution in [0.1, 0.15) is 46.5 Å². The van der Waals surface area contributed by atoms with Crippen LogP contribution in [0.5, 0.6) is 0 Å². The van der Waals surface area contributed by atoms with Crippen LogP contribution in [-0.4, -0.2) is 17.0 Å². The van der Waals surface area contributed by atoms with Crippen molar-refractivity contribution in [2.24, 2.45) is 34.1 Å². The lowest BCUT2D eigenvalue weighted by molar-refractivity contribution is 0.0441. The van der Waals surface area contributed by atoms with Crippen LogP contribution in [0, 0.1) is 23.2 Å². The van der Waals surface area contributed by atoms with Gasteiger partial charge in [0.05, 0.1) is 11.8 Å². The van der Waals surface area contributed by atoms with Crippen molar-refractivity contribution in [3.63, 3.8) is 0 Å². The van der Waals surface area contributed by atoms with Crippen LogP contribution in [0.4, 0.5) is 0 Å². The van der Waals surface area contributed by atoms with Gasteiger partial charge in [0.25, 0.3) is 0 Å². The van der Waals surface area contributed by atoms with Gasteiger partial charge in [0.15, 0.2) is 0 Å². The summed E-state index contributed by atoms with van der Waals surface area (Å²) < 4.78 is 0. The minimum absolute atomic E-state index is 0.157. The Labute approximate surface area is 110 Å². The van der Waals surface area contributed by atoms with Crippen molar-refractivity contribution in [2.75, 3.05) is 0 Å². The lowest BCUT2D eigenvalue weighted by Crippen LogP contribution is -2.56. The first kappa shape index (κ1) is 13.6. The Morgan fingerprint density at radius 2 is 2.17 bits per heavy atom. The standard InChI is InChI=1S/C15H26N2O/c1-9(2)11-8-15(4)10(3)6-5-7-12(15)14(17-18)13(11)16/h10-13,18H,1,5-8,16H2,2-4H3/b17-14+. The highest BCUT2D eigenvalue weighted by molar-refractivity contribution is 5.93. The fraction of sp³-hybridized carbons (Fsp3) is 0.800. The van der Waals surface area contributed by atoms with Gasteiger partial charge < -0.3 is 10.9 Å². The van der Waals surface area contributed by atoms with Crippen molar-refractivity contribution < 1.29 is 5.21 Å². The van der Waals surface area contributed by atoms with E-state index in [0.29, 0.717) is 11.8 Å². The van der Waals surface area contributed by atoms with Gasteiger partial charge >= 0.3 is 0 Å². The molecule has 0 aromatic rings. The maximum atomic E-state index is 9.38. The first-order chi connectivity index (χ1) is 8.41. The molecule has 0 radical (unpaired) electrons. The molecule has 0 saturated heterocycles. The van der Waals surface area contributed by atoms with Crippen molar-refractivity contribution in [3.8, 4) is 0 Å². The Hall–Kier alpha value is -0.830. The zero-order valence-electron chi connectivity index (χ0n) is 11.8. The van der Waals surface area contributed by atoms with Crippen molar-refractivity contribution in [3.05, 3.63) is 12.2 Å². The zero-order chi connectivity index (χ0) is 13.5.